The van der Waals surface area contributed by atoms with E-state index in [1.165, 1.54) is 11.8 Å². The molecule has 8 heteroatoms. The van der Waals surface area contributed by atoms with Crippen molar-refractivity contribution in [3.05, 3.63) is 59.8 Å². The Hall–Kier alpha value is -3.65. The lowest BCUT2D eigenvalue weighted by molar-refractivity contribution is -0.137. The average molecular weight is 452 g/mol. The SMILES string of the molecule is CCOCCCN1C(=O)C(Nc2ccc(NC(C)=O)cc2)=C(c2ccc(OCC)cc2)C1=O. The van der Waals surface area contributed by atoms with Gasteiger partial charge in [0.25, 0.3) is 11.8 Å². The Morgan fingerprint density at radius 1 is 0.909 bits per heavy atom. The van der Waals surface area contributed by atoms with Crippen LogP contribution in [0.2, 0.25) is 0 Å². The lowest BCUT2D eigenvalue weighted by Crippen LogP contribution is -2.34. The Balaban J connectivity index is 1.89. The second-order valence-corrected chi connectivity index (χ2v) is 7.40. The third-order valence-electron chi connectivity index (χ3n) is 4.97. The molecule has 1 aliphatic rings. The van der Waals surface area contributed by atoms with Crippen LogP contribution < -0.4 is 15.4 Å². The van der Waals surface area contributed by atoms with Gasteiger partial charge in [0, 0.05) is 38.1 Å². The van der Waals surface area contributed by atoms with Crippen LogP contribution in [0.15, 0.2) is 54.2 Å². The second-order valence-electron chi connectivity index (χ2n) is 7.40. The van der Waals surface area contributed by atoms with E-state index >= 15 is 0 Å². The van der Waals surface area contributed by atoms with Crippen LogP contribution in [-0.2, 0) is 19.1 Å². The summed E-state index contributed by atoms with van der Waals surface area (Å²) < 4.78 is 10.8. The molecule has 0 bridgehead atoms. The molecule has 0 radical (unpaired) electrons. The summed E-state index contributed by atoms with van der Waals surface area (Å²) >= 11 is 0. The monoisotopic (exact) mass is 451 g/mol. The molecule has 3 rings (SSSR count). The summed E-state index contributed by atoms with van der Waals surface area (Å²) in [7, 11) is 0. The smallest absolute Gasteiger partial charge is 0.278 e. The number of amides is 3. The Morgan fingerprint density at radius 2 is 1.58 bits per heavy atom. The van der Waals surface area contributed by atoms with Gasteiger partial charge in [-0.15, -0.1) is 0 Å². The molecule has 0 fully saturated rings. The van der Waals surface area contributed by atoms with Gasteiger partial charge in [0.1, 0.15) is 11.4 Å². The van der Waals surface area contributed by atoms with E-state index in [0.717, 1.165) is 0 Å². The number of hydrogen-bond donors (Lipinski definition) is 2. The summed E-state index contributed by atoms with van der Waals surface area (Å²) in [5.74, 6) is -0.213. The van der Waals surface area contributed by atoms with Crippen LogP contribution in [0, 0.1) is 0 Å². The van der Waals surface area contributed by atoms with Crippen molar-refractivity contribution < 1.29 is 23.9 Å². The maximum absolute atomic E-state index is 13.3. The summed E-state index contributed by atoms with van der Waals surface area (Å²) in [6, 6.07) is 14.0. The molecule has 0 spiro atoms. The number of nitrogens with one attached hydrogen (secondary N) is 2. The van der Waals surface area contributed by atoms with Gasteiger partial charge in [-0.25, -0.2) is 0 Å². The predicted octanol–water partition coefficient (Wildman–Crippen LogP) is 3.66. The second kappa shape index (κ2) is 11.3. The van der Waals surface area contributed by atoms with Gasteiger partial charge < -0.3 is 20.1 Å². The number of rotatable bonds is 11. The molecule has 174 valence electrons. The average Bonchev–Trinajstić information content (AvgIpc) is 3.02. The zero-order valence-corrected chi connectivity index (χ0v) is 19.1. The topological polar surface area (TPSA) is 97.0 Å². The number of carbonyl (C=O) groups is 3. The van der Waals surface area contributed by atoms with E-state index in [1.54, 1.807) is 48.5 Å². The molecule has 1 aliphatic heterocycles. The van der Waals surface area contributed by atoms with Crippen molar-refractivity contribution in [1.29, 1.82) is 0 Å². The first-order valence-corrected chi connectivity index (χ1v) is 11.0. The van der Waals surface area contributed by atoms with E-state index < -0.39 is 0 Å². The predicted molar refractivity (Wildman–Crippen MR) is 127 cm³/mol. The first kappa shape index (κ1) is 24.0. The fraction of sp³-hybridized carbons (Fsp3) is 0.320. The summed E-state index contributed by atoms with van der Waals surface area (Å²) in [5.41, 5.74) is 2.42. The first-order chi connectivity index (χ1) is 15.9. The normalized spacial score (nSPS) is 13.5. The minimum atomic E-state index is -0.383. The van der Waals surface area contributed by atoms with E-state index in [4.69, 9.17) is 9.47 Å². The van der Waals surface area contributed by atoms with Crippen LogP contribution in [0.4, 0.5) is 11.4 Å². The van der Waals surface area contributed by atoms with Gasteiger partial charge in [0.2, 0.25) is 5.91 Å². The molecule has 0 aromatic heterocycles. The highest BCUT2D eigenvalue weighted by molar-refractivity contribution is 6.36. The van der Waals surface area contributed by atoms with Crippen LogP contribution in [0.5, 0.6) is 5.75 Å². The summed E-state index contributed by atoms with van der Waals surface area (Å²) in [4.78, 5) is 39.0. The Kier molecular flexibility index (Phi) is 8.21. The minimum Gasteiger partial charge on any atom is -0.494 e. The molecular formula is C25H29N3O5. The van der Waals surface area contributed by atoms with E-state index in [2.05, 4.69) is 10.6 Å². The number of imide groups is 1. The van der Waals surface area contributed by atoms with Crippen LogP contribution in [0.25, 0.3) is 5.57 Å². The summed E-state index contributed by atoms with van der Waals surface area (Å²) in [6.45, 7) is 7.09. The van der Waals surface area contributed by atoms with Gasteiger partial charge in [-0.3, -0.25) is 19.3 Å². The molecule has 33 heavy (non-hydrogen) atoms. The largest absolute Gasteiger partial charge is 0.494 e. The van der Waals surface area contributed by atoms with Gasteiger partial charge in [0.15, 0.2) is 0 Å². The number of ether oxygens (including phenoxy) is 2. The maximum Gasteiger partial charge on any atom is 0.278 e. The summed E-state index contributed by atoms with van der Waals surface area (Å²) in [5, 5.41) is 5.81. The molecule has 2 aromatic rings. The molecule has 1 heterocycles. The number of carbonyl (C=O) groups excluding carboxylic acids is 3. The van der Waals surface area contributed by atoms with Crippen molar-refractivity contribution in [2.75, 3.05) is 37.0 Å². The third-order valence-corrected chi connectivity index (χ3v) is 4.97. The fourth-order valence-electron chi connectivity index (χ4n) is 3.50. The van der Waals surface area contributed by atoms with E-state index in [-0.39, 0.29) is 30.0 Å². The molecule has 0 unspecified atom stereocenters. The quantitative estimate of drug-likeness (QED) is 0.400. The number of hydrogen-bond acceptors (Lipinski definition) is 6. The molecule has 0 saturated carbocycles. The molecule has 2 N–H and O–H groups in total. The van der Waals surface area contributed by atoms with Crippen molar-refractivity contribution in [2.24, 2.45) is 0 Å². The molecule has 0 atom stereocenters. The van der Waals surface area contributed by atoms with E-state index in [1.807, 2.05) is 13.8 Å². The van der Waals surface area contributed by atoms with Crippen LogP contribution in [-0.4, -0.2) is 49.0 Å². The van der Waals surface area contributed by atoms with Crippen LogP contribution in [0.1, 0.15) is 32.8 Å². The van der Waals surface area contributed by atoms with Gasteiger partial charge in [-0.1, -0.05) is 12.1 Å². The molecule has 2 aromatic carbocycles. The number of anilines is 2. The van der Waals surface area contributed by atoms with Crippen molar-refractivity contribution in [3.8, 4) is 5.75 Å². The highest BCUT2D eigenvalue weighted by Gasteiger charge is 2.38. The molecule has 0 saturated heterocycles. The lowest BCUT2D eigenvalue weighted by atomic mass is 10.0. The standard InChI is InChI=1S/C25H29N3O5/c1-4-32-16-6-15-28-24(30)22(18-7-13-21(14-8-18)33-5-2)23(25(28)31)27-20-11-9-19(10-12-20)26-17(3)29/h7-14,27H,4-6,15-16H2,1-3H3,(H,26,29). The number of benzene rings is 2. The lowest BCUT2D eigenvalue weighted by Gasteiger charge is -2.15. The van der Waals surface area contributed by atoms with E-state index in [0.29, 0.717) is 54.5 Å². The summed E-state index contributed by atoms with van der Waals surface area (Å²) in [6.07, 6.45) is 0.556. The minimum absolute atomic E-state index is 0.171. The van der Waals surface area contributed by atoms with E-state index in [9.17, 15) is 14.4 Å². The van der Waals surface area contributed by atoms with Gasteiger partial charge >= 0.3 is 0 Å². The maximum atomic E-state index is 13.3. The highest BCUT2D eigenvalue weighted by Crippen LogP contribution is 2.31. The van der Waals surface area contributed by atoms with Crippen LogP contribution in [0.3, 0.4) is 0 Å². The molecule has 3 amide bonds. The van der Waals surface area contributed by atoms with Crippen molar-refractivity contribution in [1.82, 2.24) is 4.90 Å². The zero-order valence-electron chi connectivity index (χ0n) is 19.1. The fourth-order valence-corrected chi connectivity index (χ4v) is 3.50. The van der Waals surface area contributed by atoms with Crippen molar-refractivity contribution in [2.45, 2.75) is 27.2 Å². The number of nitrogens with zero attached hydrogens (tertiary/aromatic N) is 1. The van der Waals surface area contributed by atoms with Gasteiger partial charge in [-0.2, -0.15) is 0 Å². The third kappa shape index (κ3) is 5.98. The Labute approximate surface area is 193 Å². The van der Waals surface area contributed by atoms with Gasteiger partial charge in [0.05, 0.1) is 12.2 Å². The van der Waals surface area contributed by atoms with Crippen LogP contribution >= 0.6 is 0 Å². The highest BCUT2D eigenvalue weighted by atomic mass is 16.5. The Bertz CT molecular complexity index is 1030. The van der Waals surface area contributed by atoms with Gasteiger partial charge in [-0.05, 0) is 62.2 Å². The molecule has 0 aliphatic carbocycles. The first-order valence-electron chi connectivity index (χ1n) is 11.0. The molecular weight excluding hydrogens is 422 g/mol. The van der Waals surface area contributed by atoms with Crippen molar-refractivity contribution >= 4 is 34.7 Å². The molecule has 8 nitrogen and oxygen atoms in total. The zero-order chi connectivity index (χ0) is 23.8. The van der Waals surface area contributed by atoms with Crippen molar-refractivity contribution in [3.63, 3.8) is 0 Å². The Morgan fingerprint density at radius 3 is 2.18 bits per heavy atom.